The number of aryl methyl sites for hydroxylation is 2. The first kappa shape index (κ1) is 15.7. The molecular formula is C13H16F2N4OS. The normalized spacial score (nSPS) is 11.3. The van der Waals surface area contributed by atoms with Crippen LogP contribution in [0, 0.1) is 0 Å². The number of hydrogen-bond donors (Lipinski definition) is 1. The van der Waals surface area contributed by atoms with Gasteiger partial charge in [-0.3, -0.25) is 9.48 Å². The van der Waals surface area contributed by atoms with Gasteiger partial charge < -0.3 is 4.98 Å². The number of thioether (sulfide) groups is 1. The molecule has 0 aliphatic heterocycles. The van der Waals surface area contributed by atoms with Crippen molar-refractivity contribution in [1.29, 1.82) is 0 Å². The number of halogens is 2. The summed E-state index contributed by atoms with van der Waals surface area (Å²) in [6, 6.07) is 1.46. The zero-order chi connectivity index (χ0) is 15.4. The minimum atomic E-state index is -2.61. The summed E-state index contributed by atoms with van der Waals surface area (Å²) < 4.78 is 27.0. The summed E-state index contributed by atoms with van der Waals surface area (Å²) in [5.41, 5.74) is 0.707. The van der Waals surface area contributed by atoms with Crippen LogP contribution in [0.25, 0.3) is 0 Å². The van der Waals surface area contributed by atoms with Crippen LogP contribution in [0.2, 0.25) is 0 Å². The molecule has 0 atom stereocenters. The highest BCUT2D eigenvalue weighted by Crippen LogP contribution is 2.26. The highest BCUT2D eigenvalue weighted by atomic mass is 32.2. The second kappa shape index (κ2) is 6.84. The Morgan fingerprint density at radius 1 is 1.48 bits per heavy atom. The van der Waals surface area contributed by atoms with Gasteiger partial charge in [0.15, 0.2) is 5.16 Å². The minimum absolute atomic E-state index is 0.225. The Bertz CT molecular complexity index is 668. The van der Waals surface area contributed by atoms with Crippen molar-refractivity contribution in [3.63, 3.8) is 0 Å². The second-order valence-corrected chi connectivity index (χ2v) is 5.56. The fourth-order valence-electron chi connectivity index (χ4n) is 1.93. The van der Waals surface area contributed by atoms with Crippen LogP contribution in [0.4, 0.5) is 8.78 Å². The predicted molar refractivity (Wildman–Crippen MR) is 76.6 cm³/mol. The Morgan fingerprint density at radius 2 is 2.24 bits per heavy atom. The van der Waals surface area contributed by atoms with E-state index in [1.54, 1.807) is 13.2 Å². The lowest BCUT2D eigenvalue weighted by Gasteiger charge is -2.03. The van der Waals surface area contributed by atoms with Crippen molar-refractivity contribution in [3.05, 3.63) is 39.6 Å². The highest BCUT2D eigenvalue weighted by molar-refractivity contribution is 7.98. The van der Waals surface area contributed by atoms with Crippen molar-refractivity contribution in [2.45, 2.75) is 37.1 Å². The van der Waals surface area contributed by atoms with E-state index >= 15 is 0 Å². The van der Waals surface area contributed by atoms with E-state index in [1.807, 2.05) is 6.92 Å². The summed E-state index contributed by atoms with van der Waals surface area (Å²) in [6.45, 7) is 2.00. The number of H-pyrrole nitrogens is 1. The maximum Gasteiger partial charge on any atom is 0.282 e. The molecule has 2 heterocycles. The lowest BCUT2D eigenvalue weighted by Crippen LogP contribution is -2.10. The molecule has 1 N–H and O–H groups in total. The van der Waals surface area contributed by atoms with Crippen LogP contribution in [-0.2, 0) is 19.2 Å². The SMILES string of the molecule is CCCc1cc(=O)[nH]c(SCc2cn(C)nc2C(F)F)n1. The van der Waals surface area contributed by atoms with Gasteiger partial charge in [0.2, 0.25) is 0 Å². The quantitative estimate of drug-likeness (QED) is 0.658. The zero-order valence-corrected chi connectivity index (χ0v) is 12.6. The minimum Gasteiger partial charge on any atom is -0.301 e. The average molecular weight is 314 g/mol. The Balaban J connectivity index is 2.14. The van der Waals surface area contributed by atoms with Crippen LogP contribution in [0.5, 0.6) is 0 Å². The summed E-state index contributed by atoms with van der Waals surface area (Å²) in [4.78, 5) is 18.5. The van der Waals surface area contributed by atoms with Gasteiger partial charge in [-0.25, -0.2) is 13.8 Å². The third-order valence-electron chi connectivity index (χ3n) is 2.79. The Hall–Kier alpha value is -1.70. The Morgan fingerprint density at radius 3 is 2.90 bits per heavy atom. The number of alkyl halides is 2. The summed E-state index contributed by atoms with van der Waals surface area (Å²) in [7, 11) is 1.60. The van der Waals surface area contributed by atoms with Gasteiger partial charge in [-0.2, -0.15) is 5.10 Å². The van der Waals surface area contributed by atoms with Crippen LogP contribution in [0.1, 0.15) is 36.7 Å². The molecule has 5 nitrogen and oxygen atoms in total. The number of aromatic amines is 1. The van der Waals surface area contributed by atoms with E-state index in [1.165, 1.54) is 22.5 Å². The largest absolute Gasteiger partial charge is 0.301 e. The maximum absolute atomic E-state index is 12.8. The monoisotopic (exact) mass is 314 g/mol. The summed E-state index contributed by atoms with van der Waals surface area (Å²) >= 11 is 1.22. The lowest BCUT2D eigenvalue weighted by atomic mass is 10.2. The first-order chi connectivity index (χ1) is 9.99. The first-order valence-electron chi connectivity index (χ1n) is 6.53. The smallest absolute Gasteiger partial charge is 0.282 e. The molecule has 0 bridgehead atoms. The van der Waals surface area contributed by atoms with E-state index < -0.39 is 6.43 Å². The third kappa shape index (κ3) is 4.13. The van der Waals surface area contributed by atoms with Gasteiger partial charge in [-0.1, -0.05) is 25.1 Å². The van der Waals surface area contributed by atoms with Crippen molar-refractivity contribution in [1.82, 2.24) is 19.7 Å². The molecule has 2 aromatic rings. The average Bonchev–Trinajstić information content (AvgIpc) is 2.78. The summed E-state index contributed by atoms with van der Waals surface area (Å²) in [5.74, 6) is 0.284. The fourth-order valence-corrected chi connectivity index (χ4v) is 2.80. The summed E-state index contributed by atoms with van der Waals surface area (Å²) in [6.07, 6.45) is 0.550. The summed E-state index contributed by atoms with van der Waals surface area (Å²) in [5, 5.41) is 4.19. The van der Waals surface area contributed by atoms with Gasteiger partial charge in [0.25, 0.3) is 12.0 Å². The second-order valence-electron chi connectivity index (χ2n) is 4.59. The van der Waals surface area contributed by atoms with E-state index in [9.17, 15) is 13.6 Å². The molecule has 114 valence electrons. The van der Waals surface area contributed by atoms with E-state index in [0.29, 0.717) is 22.8 Å². The third-order valence-corrected chi connectivity index (χ3v) is 3.71. The zero-order valence-electron chi connectivity index (χ0n) is 11.8. The first-order valence-corrected chi connectivity index (χ1v) is 7.51. The molecule has 8 heteroatoms. The number of aromatic nitrogens is 4. The molecule has 2 aromatic heterocycles. The Labute approximate surface area is 124 Å². The molecule has 0 saturated carbocycles. The lowest BCUT2D eigenvalue weighted by molar-refractivity contribution is 0.144. The van der Waals surface area contributed by atoms with Gasteiger partial charge in [-0.15, -0.1) is 0 Å². The molecule has 0 aliphatic carbocycles. The van der Waals surface area contributed by atoms with Crippen molar-refractivity contribution >= 4 is 11.8 Å². The Kier molecular flexibility index (Phi) is 5.11. The standard InChI is InChI=1S/C13H16F2N4OS/c1-3-4-9-5-10(20)17-13(16-9)21-7-8-6-19(2)18-11(8)12(14)15/h5-6,12H,3-4,7H2,1-2H3,(H,16,17,20). The number of rotatable bonds is 6. The van der Waals surface area contributed by atoms with E-state index in [0.717, 1.165) is 6.42 Å². The van der Waals surface area contributed by atoms with Crippen molar-refractivity contribution in [2.24, 2.45) is 7.05 Å². The van der Waals surface area contributed by atoms with Crippen LogP contribution in [-0.4, -0.2) is 19.7 Å². The molecule has 0 radical (unpaired) electrons. The van der Waals surface area contributed by atoms with Crippen molar-refractivity contribution in [2.75, 3.05) is 0 Å². The number of nitrogens with one attached hydrogen (secondary N) is 1. The molecule has 0 aliphatic rings. The van der Waals surface area contributed by atoms with Gasteiger partial charge in [0.1, 0.15) is 5.69 Å². The van der Waals surface area contributed by atoms with E-state index in [4.69, 9.17) is 0 Å². The molecule has 0 aromatic carbocycles. The molecular weight excluding hydrogens is 298 g/mol. The van der Waals surface area contributed by atoms with Crippen LogP contribution >= 0.6 is 11.8 Å². The van der Waals surface area contributed by atoms with Crippen LogP contribution in [0.3, 0.4) is 0 Å². The molecule has 2 rings (SSSR count). The molecule has 0 saturated heterocycles. The molecule has 0 amide bonds. The van der Waals surface area contributed by atoms with Gasteiger partial charge in [-0.05, 0) is 6.42 Å². The number of hydrogen-bond acceptors (Lipinski definition) is 4. The van der Waals surface area contributed by atoms with Crippen LogP contribution < -0.4 is 5.56 Å². The van der Waals surface area contributed by atoms with Crippen molar-refractivity contribution < 1.29 is 8.78 Å². The fraction of sp³-hybridized carbons (Fsp3) is 0.462. The number of nitrogens with zero attached hydrogens (tertiary/aromatic N) is 3. The molecule has 0 spiro atoms. The van der Waals surface area contributed by atoms with Crippen LogP contribution in [0.15, 0.2) is 22.2 Å². The van der Waals surface area contributed by atoms with E-state index in [-0.39, 0.29) is 17.0 Å². The van der Waals surface area contributed by atoms with Gasteiger partial charge in [0.05, 0.1) is 0 Å². The predicted octanol–water partition coefficient (Wildman–Crippen LogP) is 2.69. The maximum atomic E-state index is 12.8. The van der Waals surface area contributed by atoms with Gasteiger partial charge >= 0.3 is 0 Å². The molecule has 0 unspecified atom stereocenters. The van der Waals surface area contributed by atoms with E-state index in [2.05, 4.69) is 15.1 Å². The molecule has 21 heavy (non-hydrogen) atoms. The van der Waals surface area contributed by atoms with Gasteiger partial charge in [0, 0.05) is 36.3 Å². The topological polar surface area (TPSA) is 63.6 Å². The van der Waals surface area contributed by atoms with Crippen molar-refractivity contribution in [3.8, 4) is 0 Å². The molecule has 0 fully saturated rings. The highest BCUT2D eigenvalue weighted by Gasteiger charge is 2.17.